The minimum atomic E-state index is -2.34. The highest BCUT2D eigenvalue weighted by Gasteiger charge is 2.59. The average molecular weight is 485 g/mol. The summed E-state index contributed by atoms with van der Waals surface area (Å²) in [7, 11) is 0. The molecule has 16 heteroatoms. The molecule has 2 saturated heterocycles. The Hall–Kier alpha value is -3.79. The molecule has 2 atom stereocenters. The van der Waals surface area contributed by atoms with Crippen molar-refractivity contribution in [3.63, 3.8) is 0 Å². The van der Waals surface area contributed by atoms with Crippen LogP contribution in [0.25, 0.3) is 0 Å². The number of carboxylic acids is 2. The number of hydrogen-bond donors (Lipinski definition) is 4. The number of carbonyl (C=O) groups is 5. The van der Waals surface area contributed by atoms with Crippen LogP contribution in [0.5, 0.6) is 0 Å². The van der Waals surface area contributed by atoms with Crippen LogP contribution >= 0.6 is 11.3 Å². The third-order valence-corrected chi connectivity index (χ3v) is 5.32. The number of rotatable bonds is 8. The second kappa shape index (κ2) is 8.62. The quantitative estimate of drug-likeness (QED) is 0.191. The van der Waals surface area contributed by atoms with Crippen LogP contribution in [0.15, 0.2) is 10.5 Å². The van der Waals surface area contributed by atoms with E-state index in [0.29, 0.717) is 5.06 Å². The highest BCUT2D eigenvalue weighted by Crippen LogP contribution is 2.34. The zero-order valence-corrected chi connectivity index (χ0v) is 18.1. The van der Waals surface area contributed by atoms with Crippen molar-refractivity contribution in [2.75, 3.05) is 12.3 Å². The first-order valence-electron chi connectivity index (χ1n) is 9.31. The van der Waals surface area contributed by atoms with E-state index in [4.69, 9.17) is 20.1 Å². The molecule has 15 nitrogen and oxygen atoms in total. The van der Waals surface area contributed by atoms with Gasteiger partial charge in [0.15, 0.2) is 10.8 Å². The topological polar surface area (TPSA) is 220 Å². The molecule has 0 saturated carbocycles. The van der Waals surface area contributed by atoms with E-state index in [9.17, 15) is 34.2 Å². The number of nitrogens with two attached hydrogens (primary N) is 1. The number of cyclic esters (lactones) is 1. The molecule has 0 aromatic carbocycles. The van der Waals surface area contributed by atoms with Gasteiger partial charge in [0.2, 0.25) is 5.60 Å². The number of nitrogens with one attached hydrogen (secondary N) is 1. The standard InChI is InChI=1S/C17H19N5O10S/c1-16(2,13(26)27)32-21-10(8-6-33-15(18)20-8)11(24)19-7-5-30-22(12(7)25)17(14(28)29)4-3-9(23)31-17/h6-7H,3-5H2,1-2H3,(H2,18,20)(H,19,24)(H,26,27)(H,28,29)/t7-,17?/m0/s1. The third kappa shape index (κ3) is 4.56. The summed E-state index contributed by atoms with van der Waals surface area (Å²) in [5, 5.41) is 26.4. The largest absolute Gasteiger partial charge is 0.478 e. The van der Waals surface area contributed by atoms with Crippen molar-refractivity contribution in [2.45, 2.75) is 44.1 Å². The van der Waals surface area contributed by atoms with Gasteiger partial charge in [-0.05, 0) is 13.8 Å². The van der Waals surface area contributed by atoms with Crippen molar-refractivity contribution in [1.82, 2.24) is 15.4 Å². The number of nitrogen functional groups attached to an aromatic ring is 1. The minimum Gasteiger partial charge on any atom is -0.478 e. The summed E-state index contributed by atoms with van der Waals surface area (Å²) >= 11 is 0.974. The zero-order chi connectivity index (χ0) is 24.6. The molecule has 5 N–H and O–H groups in total. The van der Waals surface area contributed by atoms with Crippen LogP contribution in [0.3, 0.4) is 0 Å². The number of oxime groups is 1. The minimum absolute atomic E-state index is 0.0499. The lowest BCUT2D eigenvalue weighted by atomic mass is 10.1. The highest BCUT2D eigenvalue weighted by molar-refractivity contribution is 7.13. The lowest BCUT2D eigenvalue weighted by molar-refractivity contribution is -0.256. The maximum absolute atomic E-state index is 12.9. The molecule has 2 fully saturated rings. The summed E-state index contributed by atoms with van der Waals surface area (Å²) in [6.07, 6.45) is -0.578. The number of nitrogens with zero attached hydrogens (tertiary/aromatic N) is 3. The Balaban J connectivity index is 1.81. The normalized spacial score (nSPS) is 23.4. The molecule has 0 radical (unpaired) electrons. The van der Waals surface area contributed by atoms with Gasteiger partial charge in [0, 0.05) is 11.8 Å². The smallest absolute Gasteiger partial charge is 0.372 e. The summed E-state index contributed by atoms with van der Waals surface area (Å²) in [5.74, 6) is -5.78. The van der Waals surface area contributed by atoms with Crippen molar-refractivity contribution in [1.29, 1.82) is 0 Å². The molecule has 1 aromatic rings. The van der Waals surface area contributed by atoms with E-state index in [1.807, 2.05) is 0 Å². The van der Waals surface area contributed by atoms with Gasteiger partial charge in [0.1, 0.15) is 18.3 Å². The number of aliphatic carboxylic acids is 2. The molecular formula is C17H19N5O10S. The fourth-order valence-electron chi connectivity index (χ4n) is 2.78. The van der Waals surface area contributed by atoms with Gasteiger partial charge in [-0.2, -0.15) is 5.06 Å². The van der Waals surface area contributed by atoms with Crippen LogP contribution < -0.4 is 11.1 Å². The predicted molar refractivity (Wildman–Crippen MR) is 106 cm³/mol. The van der Waals surface area contributed by atoms with Gasteiger partial charge in [-0.25, -0.2) is 14.6 Å². The molecule has 33 heavy (non-hydrogen) atoms. The molecule has 1 unspecified atom stereocenters. The van der Waals surface area contributed by atoms with E-state index in [-0.39, 0.29) is 23.7 Å². The maximum atomic E-state index is 12.9. The Morgan fingerprint density at radius 3 is 2.61 bits per heavy atom. The zero-order valence-electron chi connectivity index (χ0n) is 17.3. The number of hydrogen-bond acceptors (Lipinski definition) is 12. The van der Waals surface area contributed by atoms with E-state index in [1.165, 1.54) is 19.2 Å². The number of ether oxygens (including phenoxy) is 1. The van der Waals surface area contributed by atoms with Crippen LogP contribution in [0.2, 0.25) is 0 Å². The molecule has 0 spiro atoms. The Morgan fingerprint density at radius 1 is 1.39 bits per heavy atom. The van der Waals surface area contributed by atoms with Gasteiger partial charge in [-0.1, -0.05) is 5.16 Å². The van der Waals surface area contributed by atoms with Crippen molar-refractivity contribution in [3.05, 3.63) is 11.1 Å². The summed E-state index contributed by atoms with van der Waals surface area (Å²) in [4.78, 5) is 74.1. The van der Waals surface area contributed by atoms with Crippen molar-refractivity contribution in [2.24, 2.45) is 5.16 Å². The van der Waals surface area contributed by atoms with Gasteiger partial charge in [0.25, 0.3) is 11.8 Å². The maximum Gasteiger partial charge on any atom is 0.372 e. The Morgan fingerprint density at radius 2 is 2.09 bits per heavy atom. The highest BCUT2D eigenvalue weighted by atomic mass is 32.1. The van der Waals surface area contributed by atoms with Crippen LogP contribution in [-0.2, 0) is 38.4 Å². The number of amides is 2. The summed E-state index contributed by atoms with van der Waals surface area (Å²) in [6, 6.07) is -1.37. The number of aromatic nitrogens is 1. The molecular weight excluding hydrogens is 466 g/mol. The average Bonchev–Trinajstić information content (AvgIpc) is 3.42. The monoisotopic (exact) mass is 485 g/mol. The number of anilines is 1. The molecule has 178 valence electrons. The van der Waals surface area contributed by atoms with Gasteiger partial charge < -0.3 is 30.8 Å². The first-order chi connectivity index (χ1) is 15.4. The van der Waals surface area contributed by atoms with Crippen LogP contribution in [-0.4, -0.2) is 79.7 Å². The van der Waals surface area contributed by atoms with Gasteiger partial charge in [-0.15, -0.1) is 11.3 Å². The Bertz CT molecular complexity index is 1050. The fraction of sp³-hybridized carbons (Fsp3) is 0.471. The first-order valence-corrected chi connectivity index (χ1v) is 10.2. The van der Waals surface area contributed by atoms with Gasteiger partial charge >= 0.3 is 23.6 Å². The number of esters is 1. The molecule has 2 aliphatic rings. The van der Waals surface area contributed by atoms with Crippen molar-refractivity contribution in [3.8, 4) is 0 Å². The second-order valence-corrected chi connectivity index (χ2v) is 8.33. The van der Waals surface area contributed by atoms with Gasteiger partial charge in [0.05, 0.1) is 6.42 Å². The first kappa shape index (κ1) is 23.9. The summed E-state index contributed by atoms with van der Waals surface area (Å²) in [6.45, 7) is 1.93. The Labute approximate surface area is 189 Å². The van der Waals surface area contributed by atoms with E-state index in [1.54, 1.807) is 0 Å². The molecule has 2 amide bonds. The molecule has 1 aromatic heterocycles. The lowest BCUT2D eigenvalue weighted by Crippen LogP contribution is -2.57. The molecule has 2 aliphatic heterocycles. The number of hydroxylamine groups is 2. The van der Waals surface area contributed by atoms with Crippen LogP contribution in [0.4, 0.5) is 5.13 Å². The van der Waals surface area contributed by atoms with E-state index in [2.05, 4.69) is 15.5 Å². The van der Waals surface area contributed by atoms with Crippen LogP contribution in [0.1, 0.15) is 32.4 Å². The van der Waals surface area contributed by atoms with E-state index < -0.39 is 59.4 Å². The second-order valence-electron chi connectivity index (χ2n) is 7.44. The molecule has 0 aliphatic carbocycles. The predicted octanol–water partition coefficient (Wildman–Crippen LogP) is -1.31. The summed E-state index contributed by atoms with van der Waals surface area (Å²) < 4.78 is 4.84. The van der Waals surface area contributed by atoms with Gasteiger partial charge in [-0.3, -0.25) is 19.2 Å². The van der Waals surface area contributed by atoms with E-state index >= 15 is 0 Å². The van der Waals surface area contributed by atoms with E-state index in [0.717, 1.165) is 11.3 Å². The third-order valence-electron chi connectivity index (χ3n) is 4.65. The SMILES string of the molecule is CC(C)(ON=C(C(=O)N[C@H]1CON(C2(C(=O)O)CCC(=O)O2)C1=O)c1csc(N)n1)C(=O)O. The number of thiazole rings is 1. The van der Waals surface area contributed by atoms with Crippen LogP contribution in [0, 0.1) is 0 Å². The van der Waals surface area contributed by atoms with Crippen molar-refractivity contribution >= 4 is 51.9 Å². The van der Waals surface area contributed by atoms with Crippen molar-refractivity contribution < 1.29 is 48.6 Å². The summed E-state index contributed by atoms with van der Waals surface area (Å²) in [5.41, 5.74) is 0.910. The number of carboxylic acid groups (broad SMARTS) is 2. The lowest BCUT2D eigenvalue weighted by Gasteiger charge is -2.30. The molecule has 3 rings (SSSR count). The Kier molecular flexibility index (Phi) is 6.24. The number of carbonyl (C=O) groups excluding carboxylic acids is 3. The fourth-order valence-corrected chi connectivity index (χ4v) is 3.33. The molecule has 3 heterocycles. The molecule has 0 bridgehead atoms.